The van der Waals surface area contributed by atoms with Crippen LogP contribution >= 0.6 is 11.6 Å². The molecule has 0 saturated carbocycles. The predicted molar refractivity (Wildman–Crippen MR) is 72.1 cm³/mol. The molecular weight excluding hydrogens is 253 g/mol. The molecule has 4 heteroatoms. The number of alkyl halides is 1. The van der Waals surface area contributed by atoms with Gasteiger partial charge in [-0.2, -0.15) is 0 Å². The van der Waals surface area contributed by atoms with Crippen LogP contribution in [0.25, 0.3) is 0 Å². The van der Waals surface area contributed by atoms with Crippen molar-refractivity contribution in [2.45, 2.75) is 25.4 Å². The summed E-state index contributed by atoms with van der Waals surface area (Å²) in [7, 11) is 0. The van der Waals surface area contributed by atoms with Crippen LogP contribution in [-0.2, 0) is 0 Å². The minimum Gasteiger partial charge on any atom is -0.494 e. The van der Waals surface area contributed by atoms with Gasteiger partial charge in [0.2, 0.25) is 0 Å². The summed E-state index contributed by atoms with van der Waals surface area (Å²) in [6, 6.07) is 7.34. The van der Waals surface area contributed by atoms with Gasteiger partial charge in [0.05, 0.1) is 6.61 Å². The Morgan fingerprint density at radius 3 is 2.72 bits per heavy atom. The van der Waals surface area contributed by atoms with Crippen LogP contribution in [0.2, 0.25) is 5.02 Å². The van der Waals surface area contributed by atoms with Gasteiger partial charge in [0.1, 0.15) is 11.4 Å². The van der Waals surface area contributed by atoms with Crippen LogP contribution in [0.3, 0.4) is 0 Å². The molecule has 18 heavy (non-hydrogen) atoms. The van der Waals surface area contributed by atoms with Crippen LogP contribution in [0.15, 0.2) is 24.3 Å². The van der Waals surface area contributed by atoms with Crippen LogP contribution in [0, 0.1) is 0 Å². The topological polar surface area (TPSA) is 12.5 Å². The van der Waals surface area contributed by atoms with Crippen LogP contribution in [0.1, 0.15) is 19.8 Å². The molecule has 1 atom stereocenters. The lowest BCUT2D eigenvalue weighted by Crippen LogP contribution is -2.27. The molecule has 1 aromatic carbocycles. The summed E-state index contributed by atoms with van der Waals surface area (Å²) in [6.45, 7) is 4.63. The number of ether oxygens (including phenoxy) is 1. The molecule has 1 aliphatic rings. The number of hydrogen-bond donors (Lipinski definition) is 0. The number of likely N-dealkylation sites (tertiary alicyclic amines) is 1. The molecule has 1 aromatic rings. The van der Waals surface area contributed by atoms with Gasteiger partial charge in [0.25, 0.3) is 0 Å². The number of halogens is 2. The lowest BCUT2D eigenvalue weighted by atomic mass is 10.1. The third-order valence-electron chi connectivity index (χ3n) is 3.20. The summed E-state index contributed by atoms with van der Waals surface area (Å²) < 4.78 is 19.2. The molecule has 1 unspecified atom stereocenters. The lowest BCUT2D eigenvalue weighted by molar-refractivity contribution is 0.183. The summed E-state index contributed by atoms with van der Waals surface area (Å²) >= 11 is 5.79. The van der Waals surface area contributed by atoms with Gasteiger partial charge in [-0.3, -0.25) is 4.90 Å². The van der Waals surface area contributed by atoms with Crippen molar-refractivity contribution >= 4 is 11.6 Å². The Kier molecular flexibility index (Phi) is 4.46. The van der Waals surface area contributed by atoms with E-state index in [-0.39, 0.29) is 0 Å². The molecule has 100 valence electrons. The minimum absolute atomic E-state index is 0.550. The van der Waals surface area contributed by atoms with Crippen molar-refractivity contribution in [1.82, 2.24) is 4.90 Å². The van der Waals surface area contributed by atoms with Crippen molar-refractivity contribution in [2.75, 3.05) is 26.2 Å². The second-order valence-electron chi connectivity index (χ2n) is 5.10. The van der Waals surface area contributed by atoms with Gasteiger partial charge < -0.3 is 4.74 Å². The molecule has 1 heterocycles. The zero-order valence-corrected chi connectivity index (χ0v) is 11.4. The fourth-order valence-electron chi connectivity index (χ4n) is 2.22. The molecular formula is C14H19ClFNO. The molecule has 1 saturated heterocycles. The van der Waals surface area contributed by atoms with Gasteiger partial charge >= 0.3 is 0 Å². The number of benzene rings is 1. The first kappa shape index (κ1) is 13.6. The molecule has 1 fully saturated rings. The summed E-state index contributed by atoms with van der Waals surface area (Å²) in [5.74, 6) is 0.830. The number of nitrogens with zero attached hydrogens (tertiary/aromatic N) is 1. The van der Waals surface area contributed by atoms with Crippen LogP contribution in [0.4, 0.5) is 4.39 Å². The van der Waals surface area contributed by atoms with Crippen molar-refractivity contribution in [3.8, 4) is 5.75 Å². The summed E-state index contributed by atoms with van der Waals surface area (Å²) in [4.78, 5) is 2.16. The molecule has 0 radical (unpaired) electrons. The maximum atomic E-state index is 13.6. The summed E-state index contributed by atoms with van der Waals surface area (Å²) in [5, 5.41) is 0.710. The Labute approximate surface area is 113 Å². The quantitative estimate of drug-likeness (QED) is 0.760. The Bertz CT molecular complexity index is 380. The van der Waals surface area contributed by atoms with Gasteiger partial charge in [-0.05, 0) is 44.0 Å². The second-order valence-corrected chi connectivity index (χ2v) is 5.53. The first-order valence-corrected chi connectivity index (χ1v) is 6.73. The molecule has 2 rings (SSSR count). The van der Waals surface area contributed by atoms with Crippen molar-refractivity contribution in [1.29, 1.82) is 0 Å². The highest BCUT2D eigenvalue weighted by atomic mass is 35.5. The fraction of sp³-hybridized carbons (Fsp3) is 0.571. The largest absolute Gasteiger partial charge is 0.494 e. The Morgan fingerprint density at radius 1 is 1.39 bits per heavy atom. The standard InChI is InChI=1S/C14H19ClFNO/c1-14(16)7-9-17(11-14)8-2-10-18-13-5-3-12(15)4-6-13/h3-6H,2,7-11H2,1H3. The maximum absolute atomic E-state index is 13.6. The predicted octanol–water partition coefficient (Wildman–Crippen LogP) is 3.54. The SMILES string of the molecule is CC1(F)CCN(CCCOc2ccc(Cl)cc2)C1. The molecule has 0 N–H and O–H groups in total. The van der Waals surface area contributed by atoms with Gasteiger partial charge in [0, 0.05) is 24.7 Å². The van der Waals surface area contributed by atoms with Crippen molar-refractivity contribution in [3.05, 3.63) is 29.3 Å². The van der Waals surface area contributed by atoms with E-state index in [1.807, 2.05) is 24.3 Å². The average Bonchev–Trinajstić information content (AvgIpc) is 2.67. The van der Waals surface area contributed by atoms with Gasteiger partial charge in [-0.25, -0.2) is 4.39 Å². The Hall–Kier alpha value is -0.800. The third kappa shape index (κ3) is 4.14. The van der Waals surface area contributed by atoms with E-state index >= 15 is 0 Å². The molecule has 0 bridgehead atoms. The van der Waals surface area contributed by atoms with E-state index in [0.717, 1.165) is 25.3 Å². The van der Waals surface area contributed by atoms with E-state index in [1.54, 1.807) is 6.92 Å². The van der Waals surface area contributed by atoms with Gasteiger partial charge in [-0.15, -0.1) is 0 Å². The van der Waals surface area contributed by atoms with E-state index < -0.39 is 5.67 Å². The Morgan fingerprint density at radius 2 is 2.11 bits per heavy atom. The molecule has 0 aliphatic carbocycles. The smallest absolute Gasteiger partial charge is 0.122 e. The molecule has 0 amide bonds. The number of hydrogen-bond acceptors (Lipinski definition) is 2. The van der Waals surface area contributed by atoms with E-state index in [0.29, 0.717) is 24.6 Å². The van der Waals surface area contributed by atoms with Crippen LogP contribution in [-0.4, -0.2) is 36.8 Å². The van der Waals surface area contributed by atoms with E-state index in [4.69, 9.17) is 16.3 Å². The Balaban J connectivity index is 1.63. The molecule has 2 nitrogen and oxygen atoms in total. The number of rotatable bonds is 5. The summed E-state index contributed by atoms with van der Waals surface area (Å²) in [5.41, 5.74) is -1.00. The van der Waals surface area contributed by atoms with Crippen molar-refractivity contribution in [3.63, 3.8) is 0 Å². The highest BCUT2D eigenvalue weighted by molar-refractivity contribution is 6.30. The van der Waals surface area contributed by atoms with Crippen LogP contribution in [0.5, 0.6) is 5.75 Å². The van der Waals surface area contributed by atoms with E-state index in [2.05, 4.69) is 4.90 Å². The zero-order valence-electron chi connectivity index (χ0n) is 10.7. The van der Waals surface area contributed by atoms with E-state index in [9.17, 15) is 4.39 Å². The highest BCUT2D eigenvalue weighted by Gasteiger charge is 2.32. The molecule has 1 aliphatic heterocycles. The van der Waals surface area contributed by atoms with Crippen molar-refractivity contribution < 1.29 is 9.13 Å². The maximum Gasteiger partial charge on any atom is 0.122 e. The highest BCUT2D eigenvalue weighted by Crippen LogP contribution is 2.24. The molecule has 0 aromatic heterocycles. The van der Waals surface area contributed by atoms with Gasteiger partial charge in [0.15, 0.2) is 0 Å². The third-order valence-corrected chi connectivity index (χ3v) is 3.46. The first-order valence-electron chi connectivity index (χ1n) is 6.35. The zero-order chi connectivity index (χ0) is 13.0. The van der Waals surface area contributed by atoms with E-state index in [1.165, 1.54) is 0 Å². The summed E-state index contributed by atoms with van der Waals surface area (Å²) in [6.07, 6.45) is 1.56. The lowest BCUT2D eigenvalue weighted by Gasteiger charge is -2.17. The fourth-order valence-corrected chi connectivity index (χ4v) is 2.34. The second kappa shape index (κ2) is 5.89. The van der Waals surface area contributed by atoms with Crippen LogP contribution < -0.4 is 4.74 Å². The van der Waals surface area contributed by atoms with Crippen molar-refractivity contribution in [2.24, 2.45) is 0 Å². The minimum atomic E-state index is -1.00. The monoisotopic (exact) mass is 271 g/mol. The first-order chi connectivity index (χ1) is 8.55. The van der Waals surface area contributed by atoms with Gasteiger partial charge in [-0.1, -0.05) is 11.6 Å². The normalized spacial score (nSPS) is 24.4. The molecule has 0 spiro atoms. The average molecular weight is 272 g/mol.